The first-order chi connectivity index (χ1) is 31.6. The minimum absolute atomic E-state index is 0.00288. The van der Waals surface area contributed by atoms with E-state index in [4.69, 9.17) is 29.4 Å². The second-order valence-corrected chi connectivity index (χ2v) is 19.6. The number of phosphoric acid groups is 1. The Morgan fingerprint density at radius 2 is 1.26 bits per heavy atom. The number of nitrogens with zero attached hydrogens (tertiary/aromatic N) is 1. The number of quaternary nitrogens is 1. The summed E-state index contributed by atoms with van der Waals surface area (Å²) in [6.45, 7) is 3.49. The minimum atomic E-state index is -4.81. The molecule has 66 heavy (non-hydrogen) atoms. The number of carboxylic acids is 1. The fourth-order valence-electron chi connectivity index (χ4n) is 5.66. The number of esters is 2. The average molecular weight is 965 g/mol. The van der Waals surface area contributed by atoms with Gasteiger partial charge in [0.15, 0.2) is 6.10 Å². The number of thioether (sulfide) groups is 1. The molecule has 0 amide bonds. The van der Waals surface area contributed by atoms with Crippen LogP contribution in [0.2, 0.25) is 0 Å². The molecule has 376 valence electrons. The van der Waals surface area contributed by atoms with Crippen LogP contribution in [0.4, 0.5) is 0 Å². The highest BCUT2D eigenvalue weighted by Crippen LogP contribution is 2.38. The Morgan fingerprint density at radius 3 is 1.82 bits per heavy atom. The van der Waals surface area contributed by atoms with E-state index in [1.54, 1.807) is 12.2 Å². The average Bonchev–Trinajstić information content (AvgIpc) is 3.26. The number of aliphatic carboxylic acids is 1. The third-order valence-electron chi connectivity index (χ3n) is 9.58. The lowest BCUT2D eigenvalue weighted by Crippen LogP contribution is -2.40. The summed E-state index contributed by atoms with van der Waals surface area (Å²) in [5, 5.41) is 19.5. The first kappa shape index (κ1) is 62.7. The number of phosphoric ester groups is 1. The van der Waals surface area contributed by atoms with Crippen molar-refractivity contribution >= 4 is 37.5 Å². The van der Waals surface area contributed by atoms with Crippen molar-refractivity contribution in [2.45, 2.75) is 153 Å². The predicted molar refractivity (Wildman–Crippen MR) is 269 cm³/mol. The number of carbonyl (C=O) groups is 3. The van der Waals surface area contributed by atoms with Crippen molar-refractivity contribution in [2.75, 3.05) is 53.3 Å². The number of aliphatic hydroxyl groups excluding tert-OH is 1. The largest absolute Gasteiger partial charge is 0.756 e. The highest BCUT2D eigenvalue weighted by molar-refractivity contribution is 8.00. The van der Waals surface area contributed by atoms with Gasteiger partial charge < -0.3 is 43.8 Å². The van der Waals surface area contributed by atoms with Crippen LogP contribution in [0.25, 0.3) is 0 Å². The van der Waals surface area contributed by atoms with Gasteiger partial charge in [0.1, 0.15) is 25.8 Å². The number of carboxylic acid groups (broad SMARTS) is 1. The van der Waals surface area contributed by atoms with E-state index in [0.717, 1.165) is 38.5 Å². The summed E-state index contributed by atoms with van der Waals surface area (Å²) >= 11 is 1.19. The van der Waals surface area contributed by atoms with Crippen LogP contribution >= 0.6 is 19.6 Å². The van der Waals surface area contributed by atoms with Gasteiger partial charge in [-0.2, -0.15) is 0 Å². The molecule has 5 atom stereocenters. The molecular formula is C51H85N2O11PS. The molecule has 0 aliphatic carbocycles. The van der Waals surface area contributed by atoms with Crippen LogP contribution in [0.15, 0.2) is 97.2 Å². The van der Waals surface area contributed by atoms with Crippen molar-refractivity contribution in [3.63, 3.8) is 0 Å². The summed E-state index contributed by atoms with van der Waals surface area (Å²) in [7, 11) is 0.821. The number of allylic oxidation sites excluding steroid dienone is 15. The van der Waals surface area contributed by atoms with Crippen molar-refractivity contribution in [1.82, 2.24) is 0 Å². The smallest absolute Gasteiger partial charge is 0.324 e. The van der Waals surface area contributed by atoms with Gasteiger partial charge in [0.2, 0.25) is 0 Å². The lowest BCUT2D eigenvalue weighted by Gasteiger charge is -2.28. The standard InChI is InChI=1S/C51H85N2O11PS/c1-6-8-10-12-14-16-18-20-21-22-23-24-26-28-30-32-34-39-50(57)61-42-45(43-63-65(59,60)62-41-40-53(3,4)5)64-51(58)46(52)44-66-48(47(54)36-35-38-49(55)56)37-33-31-29-27-25-19-17-15-13-11-9-7-2/h14-17,20-21,23-25,27-31,33,37,45-48,54H,6-13,18-19,22,26,32,34-36,38-44,52H2,1-5H3,(H-,55,56,59,60)/b16-14-,17-15-,21-20-,24-23-,27-25-,30-28-,31-29+,37-33+/t45-,46+,47+,48-/m1/s1. The van der Waals surface area contributed by atoms with Gasteiger partial charge in [-0.1, -0.05) is 137 Å². The molecule has 1 unspecified atom stereocenters. The number of hydrogen-bond donors (Lipinski definition) is 3. The number of hydrogen-bond acceptors (Lipinski definition) is 12. The van der Waals surface area contributed by atoms with Gasteiger partial charge in [0.25, 0.3) is 7.82 Å². The van der Waals surface area contributed by atoms with Gasteiger partial charge in [-0.15, -0.1) is 11.8 Å². The van der Waals surface area contributed by atoms with E-state index in [2.05, 4.69) is 62.5 Å². The summed E-state index contributed by atoms with van der Waals surface area (Å²) in [6, 6.07) is -1.21. The lowest BCUT2D eigenvalue weighted by atomic mass is 10.1. The zero-order chi connectivity index (χ0) is 49.2. The van der Waals surface area contributed by atoms with E-state index in [-0.39, 0.29) is 38.0 Å². The van der Waals surface area contributed by atoms with Crippen LogP contribution in [-0.2, 0) is 37.5 Å². The number of ether oxygens (including phenoxy) is 2. The van der Waals surface area contributed by atoms with Crippen LogP contribution in [0.5, 0.6) is 0 Å². The van der Waals surface area contributed by atoms with E-state index in [9.17, 15) is 28.9 Å². The molecule has 13 nitrogen and oxygen atoms in total. The second kappa shape index (κ2) is 41.8. The molecule has 0 fully saturated rings. The molecule has 0 spiro atoms. The SMILES string of the molecule is CCCCC/C=C\C\C=C/C=C/C=C/[C@@H](SC[C@H](N)C(=O)O[C@H](COC(=O)CCC/C=C\C/C=C\C/C=C\C/C=C\CCCCC)COP(=O)([O-])OCC[N+](C)(C)C)[C@@H](O)CCCC(=O)O. The number of nitrogens with two attached hydrogens (primary N) is 1. The van der Waals surface area contributed by atoms with Crippen molar-refractivity contribution in [2.24, 2.45) is 5.73 Å². The zero-order valence-electron chi connectivity index (χ0n) is 40.8. The third kappa shape index (κ3) is 42.1. The molecule has 15 heteroatoms. The van der Waals surface area contributed by atoms with Crippen molar-refractivity contribution < 1.29 is 57.1 Å². The first-order valence-corrected chi connectivity index (χ1v) is 26.4. The topological polar surface area (TPSA) is 195 Å². The van der Waals surface area contributed by atoms with Gasteiger partial charge >= 0.3 is 17.9 Å². The van der Waals surface area contributed by atoms with E-state index < -0.39 is 62.4 Å². The molecular weight excluding hydrogens is 880 g/mol. The number of likely N-dealkylation sites (N-methyl/N-ethyl adjacent to an activating group) is 1. The van der Waals surface area contributed by atoms with Crippen molar-refractivity contribution in [1.29, 1.82) is 0 Å². The van der Waals surface area contributed by atoms with E-state index >= 15 is 0 Å². The predicted octanol–water partition coefficient (Wildman–Crippen LogP) is 10.0. The monoisotopic (exact) mass is 965 g/mol. The molecule has 0 aromatic heterocycles. The van der Waals surface area contributed by atoms with Crippen molar-refractivity contribution in [3.8, 4) is 0 Å². The summed E-state index contributed by atoms with van der Waals surface area (Å²) in [5.41, 5.74) is 6.23. The summed E-state index contributed by atoms with van der Waals surface area (Å²) in [6.07, 6.45) is 44.9. The number of carbonyl (C=O) groups excluding carboxylic acids is 2. The molecule has 0 bridgehead atoms. The molecule has 0 heterocycles. The number of unbranched alkanes of at least 4 members (excludes halogenated alkanes) is 7. The molecule has 0 saturated carbocycles. The van der Waals surface area contributed by atoms with Crippen LogP contribution in [0, 0.1) is 0 Å². The Labute approximate surface area is 402 Å². The fourth-order valence-corrected chi connectivity index (χ4v) is 7.51. The molecule has 0 rings (SSSR count). The second-order valence-electron chi connectivity index (χ2n) is 17.0. The van der Waals surface area contributed by atoms with Gasteiger partial charge in [-0.25, -0.2) is 0 Å². The maximum Gasteiger partial charge on any atom is 0.324 e. The van der Waals surface area contributed by atoms with Crippen LogP contribution < -0.4 is 10.6 Å². The maximum absolute atomic E-state index is 13.2. The maximum atomic E-state index is 13.2. The molecule has 0 aliphatic rings. The van der Waals surface area contributed by atoms with Crippen LogP contribution in [0.3, 0.4) is 0 Å². The Bertz CT molecular complexity index is 1570. The molecule has 0 radical (unpaired) electrons. The highest BCUT2D eigenvalue weighted by atomic mass is 32.2. The molecule has 4 N–H and O–H groups in total. The molecule has 0 saturated heterocycles. The Morgan fingerprint density at radius 1 is 0.712 bits per heavy atom. The molecule has 0 aromatic carbocycles. The van der Waals surface area contributed by atoms with Gasteiger partial charge in [-0.05, 0) is 77.0 Å². The van der Waals surface area contributed by atoms with E-state index in [1.807, 2.05) is 57.6 Å². The number of rotatable bonds is 42. The Hall–Kier alpha value is -3.33. The lowest BCUT2D eigenvalue weighted by molar-refractivity contribution is -0.870. The zero-order valence-corrected chi connectivity index (χ0v) is 42.5. The van der Waals surface area contributed by atoms with E-state index in [0.29, 0.717) is 23.9 Å². The van der Waals surface area contributed by atoms with Crippen LogP contribution in [0.1, 0.15) is 129 Å². The summed E-state index contributed by atoms with van der Waals surface area (Å²) in [4.78, 5) is 49.5. The van der Waals surface area contributed by atoms with Crippen LogP contribution in [-0.4, -0.2) is 109 Å². The molecule has 0 aromatic rings. The van der Waals surface area contributed by atoms with Gasteiger partial charge in [-0.3, -0.25) is 18.9 Å². The van der Waals surface area contributed by atoms with Crippen molar-refractivity contribution in [3.05, 3.63) is 97.2 Å². The Kier molecular flexibility index (Phi) is 39.7. The van der Waals surface area contributed by atoms with Gasteiger partial charge in [0.05, 0.1) is 33.9 Å². The highest BCUT2D eigenvalue weighted by Gasteiger charge is 2.26. The molecule has 0 aliphatic heterocycles. The number of aliphatic hydroxyl groups is 1. The van der Waals surface area contributed by atoms with E-state index in [1.165, 1.54) is 50.3 Å². The quantitative estimate of drug-likeness (QED) is 0.0131. The fraction of sp³-hybridized carbons (Fsp3) is 0.627. The first-order valence-electron chi connectivity index (χ1n) is 23.9. The minimum Gasteiger partial charge on any atom is -0.756 e. The third-order valence-corrected chi connectivity index (χ3v) is 11.9. The Balaban J connectivity index is 5.33. The summed E-state index contributed by atoms with van der Waals surface area (Å²) < 4.78 is 33.9. The summed E-state index contributed by atoms with van der Waals surface area (Å²) in [5.74, 6) is -2.42. The normalized spacial score (nSPS) is 15.6. The van der Waals surface area contributed by atoms with Gasteiger partial charge in [0, 0.05) is 23.8 Å².